The van der Waals surface area contributed by atoms with Crippen LogP contribution in [0.15, 0.2) is 73.2 Å². The number of aryl methyl sites for hydroxylation is 1. The van der Waals surface area contributed by atoms with Gasteiger partial charge in [0.15, 0.2) is 0 Å². The van der Waals surface area contributed by atoms with Gasteiger partial charge in [0, 0.05) is 41.2 Å². The van der Waals surface area contributed by atoms with E-state index in [1.54, 1.807) is 18.5 Å². The highest BCUT2D eigenvalue weighted by Gasteiger charge is 2.10. The zero-order chi connectivity index (χ0) is 19.5. The monoisotopic (exact) mass is 369 g/mol. The van der Waals surface area contributed by atoms with E-state index in [1.165, 1.54) is 0 Å². The molecule has 0 fully saturated rings. The molecule has 0 radical (unpaired) electrons. The first-order valence-corrected chi connectivity index (χ1v) is 9.05. The molecule has 1 amide bonds. The lowest BCUT2D eigenvalue weighted by Gasteiger charge is -2.10. The Morgan fingerprint density at radius 3 is 2.64 bits per heavy atom. The van der Waals surface area contributed by atoms with E-state index in [-0.39, 0.29) is 0 Å². The fourth-order valence-electron chi connectivity index (χ4n) is 3.18. The number of carbonyl (C=O) groups is 1. The first-order chi connectivity index (χ1) is 13.6. The molecule has 5 nitrogen and oxygen atoms in total. The number of benzene rings is 2. The summed E-state index contributed by atoms with van der Waals surface area (Å²) in [5.74, 6) is 1.02. The maximum absolute atomic E-state index is 11.6. The number of fused-ring (bicyclic) bond motifs is 1. The van der Waals surface area contributed by atoms with Crippen molar-refractivity contribution in [1.29, 1.82) is 0 Å². The molecule has 0 aliphatic rings. The van der Waals surface area contributed by atoms with Gasteiger partial charge >= 0.3 is 0 Å². The van der Waals surface area contributed by atoms with Crippen molar-refractivity contribution in [2.75, 3.05) is 0 Å². The summed E-state index contributed by atoms with van der Waals surface area (Å²) < 4.78 is 6.03. The number of ether oxygens (including phenoxy) is 1. The van der Waals surface area contributed by atoms with Crippen molar-refractivity contribution in [3.63, 3.8) is 0 Å². The lowest BCUT2D eigenvalue weighted by Crippen LogP contribution is -2.13. The van der Waals surface area contributed by atoms with Gasteiger partial charge in [-0.25, -0.2) is 0 Å². The molecule has 0 atom stereocenters. The smallest absolute Gasteiger partial charge is 0.248 e. The number of hydrogen-bond donors (Lipinski definition) is 1. The Hall–Kier alpha value is -3.73. The Bertz CT molecular complexity index is 1170. The van der Waals surface area contributed by atoms with Crippen LogP contribution in [0.1, 0.15) is 22.8 Å². The van der Waals surface area contributed by atoms with Crippen molar-refractivity contribution >= 4 is 16.7 Å². The number of hydrogen-bond acceptors (Lipinski definition) is 4. The van der Waals surface area contributed by atoms with E-state index in [0.29, 0.717) is 17.7 Å². The van der Waals surface area contributed by atoms with Crippen molar-refractivity contribution < 1.29 is 9.53 Å². The third-order valence-corrected chi connectivity index (χ3v) is 4.63. The maximum Gasteiger partial charge on any atom is 0.248 e. The van der Waals surface area contributed by atoms with Crippen LogP contribution >= 0.6 is 0 Å². The molecule has 0 spiro atoms. The Balaban J connectivity index is 1.65. The van der Waals surface area contributed by atoms with Crippen molar-refractivity contribution in [2.45, 2.75) is 13.3 Å². The van der Waals surface area contributed by atoms with Gasteiger partial charge in [0.25, 0.3) is 0 Å². The Morgan fingerprint density at radius 2 is 1.82 bits per heavy atom. The highest BCUT2D eigenvalue weighted by atomic mass is 16.5. The summed E-state index contributed by atoms with van der Waals surface area (Å²) >= 11 is 0. The van der Waals surface area contributed by atoms with Crippen LogP contribution in [0.4, 0.5) is 0 Å². The largest absolute Gasteiger partial charge is 0.457 e. The van der Waals surface area contributed by atoms with Gasteiger partial charge in [-0.15, -0.1) is 0 Å². The van der Waals surface area contributed by atoms with Crippen LogP contribution in [0, 0.1) is 0 Å². The first-order valence-electron chi connectivity index (χ1n) is 9.05. The van der Waals surface area contributed by atoms with Crippen LogP contribution in [0.25, 0.3) is 22.0 Å². The first kappa shape index (κ1) is 17.7. The zero-order valence-electron chi connectivity index (χ0n) is 15.4. The Kier molecular flexibility index (Phi) is 4.72. The molecule has 0 bridgehead atoms. The second-order valence-corrected chi connectivity index (χ2v) is 6.45. The Morgan fingerprint density at radius 1 is 0.964 bits per heavy atom. The van der Waals surface area contributed by atoms with Gasteiger partial charge in [-0.05, 0) is 59.8 Å². The van der Waals surface area contributed by atoms with Crippen LogP contribution in [0.2, 0.25) is 0 Å². The van der Waals surface area contributed by atoms with Crippen LogP contribution in [0.5, 0.6) is 11.5 Å². The maximum atomic E-state index is 11.6. The fourth-order valence-corrected chi connectivity index (χ4v) is 3.18. The summed E-state index contributed by atoms with van der Waals surface area (Å²) in [5, 5.41) is 2.13. The van der Waals surface area contributed by atoms with E-state index < -0.39 is 5.91 Å². The van der Waals surface area contributed by atoms with Crippen molar-refractivity contribution in [2.24, 2.45) is 5.73 Å². The summed E-state index contributed by atoms with van der Waals surface area (Å²) in [6.45, 7) is 1.99. The molecule has 2 aromatic heterocycles. The van der Waals surface area contributed by atoms with Crippen LogP contribution < -0.4 is 10.5 Å². The van der Waals surface area contributed by atoms with E-state index in [0.717, 1.165) is 33.3 Å². The van der Waals surface area contributed by atoms with Gasteiger partial charge < -0.3 is 10.5 Å². The molecule has 28 heavy (non-hydrogen) atoms. The predicted molar refractivity (Wildman–Crippen MR) is 109 cm³/mol. The number of aromatic nitrogens is 2. The van der Waals surface area contributed by atoms with Crippen molar-refractivity contribution in [1.82, 2.24) is 9.97 Å². The average Bonchev–Trinajstić information content (AvgIpc) is 2.73. The van der Waals surface area contributed by atoms with Crippen LogP contribution in [-0.2, 0) is 6.42 Å². The van der Waals surface area contributed by atoms with E-state index in [1.807, 2.05) is 61.7 Å². The molecule has 0 unspecified atom stereocenters. The molecule has 0 aliphatic heterocycles. The quantitative estimate of drug-likeness (QED) is 0.551. The average molecular weight is 369 g/mol. The molecule has 4 aromatic rings. The van der Waals surface area contributed by atoms with E-state index in [2.05, 4.69) is 9.97 Å². The second kappa shape index (κ2) is 7.48. The summed E-state index contributed by atoms with van der Waals surface area (Å²) in [4.78, 5) is 20.1. The van der Waals surface area contributed by atoms with Gasteiger partial charge in [-0.2, -0.15) is 0 Å². The third kappa shape index (κ3) is 3.55. The minimum atomic E-state index is -0.417. The van der Waals surface area contributed by atoms with Gasteiger partial charge in [-0.3, -0.25) is 14.8 Å². The molecule has 0 saturated carbocycles. The lowest BCUT2D eigenvalue weighted by atomic mass is 9.99. The van der Waals surface area contributed by atoms with Crippen LogP contribution in [0.3, 0.4) is 0 Å². The standard InChI is InChI=1S/C23H19N3O2/c1-2-15-11-17(4-6-21(15)23(24)27)22-13-20(8-10-26-22)28-19-5-3-18-14-25-9-7-16(18)12-19/h3-14H,2H2,1H3,(H2,24,27). The minimum absolute atomic E-state index is 0.417. The van der Waals surface area contributed by atoms with Crippen LogP contribution in [-0.4, -0.2) is 15.9 Å². The van der Waals surface area contributed by atoms with E-state index >= 15 is 0 Å². The van der Waals surface area contributed by atoms with E-state index in [9.17, 15) is 4.79 Å². The predicted octanol–water partition coefficient (Wildman–Crippen LogP) is 4.75. The number of primary amides is 1. The minimum Gasteiger partial charge on any atom is -0.457 e. The summed E-state index contributed by atoms with van der Waals surface area (Å²) in [6.07, 6.45) is 6.01. The molecular formula is C23H19N3O2. The number of carbonyl (C=O) groups excluding carboxylic acids is 1. The SMILES string of the molecule is CCc1cc(-c2cc(Oc3ccc4cnccc4c3)ccn2)ccc1C(N)=O. The molecule has 138 valence electrons. The third-order valence-electron chi connectivity index (χ3n) is 4.63. The molecular weight excluding hydrogens is 350 g/mol. The number of nitrogens with zero attached hydrogens (tertiary/aromatic N) is 2. The number of amides is 1. The molecule has 2 N–H and O–H groups in total. The summed E-state index contributed by atoms with van der Waals surface area (Å²) in [5.41, 5.74) is 8.58. The van der Waals surface area contributed by atoms with Crippen molar-refractivity contribution in [3.05, 3.63) is 84.3 Å². The normalized spacial score (nSPS) is 10.8. The second-order valence-electron chi connectivity index (χ2n) is 6.45. The number of rotatable bonds is 5. The lowest BCUT2D eigenvalue weighted by molar-refractivity contribution is 0.0999. The van der Waals surface area contributed by atoms with E-state index in [4.69, 9.17) is 10.5 Å². The fraction of sp³-hybridized carbons (Fsp3) is 0.0870. The van der Waals surface area contributed by atoms with Gasteiger partial charge in [0.05, 0.1) is 5.69 Å². The summed E-state index contributed by atoms with van der Waals surface area (Å²) in [6, 6.07) is 17.1. The molecule has 4 rings (SSSR count). The van der Waals surface area contributed by atoms with Crippen molar-refractivity contribution in [3.8, 4) is 22.8 Å². The van der Waals surface area contributed by atoms with Gasteiger partial charge in [0.1, 0.15) is 11.5 Å². The molecule has 2 heterocycles. The number of pyridine rings is 2. The molecule has 0 aliphatic carbocycles. The highest BCUT2D eigenvalue weighted by Crippen LogP contribution is 2.28. The molecule has 2 aromatic carbocycles. The molecule has 5 heteroatoms. The summed E-state index contributed by atoms with van der Waals surface area (Å²) in [7, 11) is 0. The Labute approximate surface area is 162 Å². The molecule has 0 saturated heterocycles. The zero-order valence-corrected chi connectivity index (χ0v) is 15.4. The number of nitrogens with two attached hydrogens (primary N) is 1. The van der Waals surface area contributed by atoms with Gasteiger partial charge in [0.2, 0.25) is 5.91 Å². The highest BCUT2D eigenvalue weighted by molar-refractivity contribution is 5.95. The topological polar surface area (TPSA) is 78.1 Å². The van der Waals surface area contributed by atoms with Gasteiger partial charge in [-0.1, -0.05) is 13.0 Å².